The van der Waals surface area contributed by atoms with Gasteiger partial charge in [0.2, 0.25) is 0 Å². The smallest absolute Gasteiger partial charge is 0.0629 e. The number of aromatic nitrogens is 2. The molecule has 2 aromatic rings. The van der Waals surface area contributed by atoms with Gasteiger partial charge >= 0.3 is 0 Å². The Kier molecular flexibility index (Phi) is 6.09. The van der Waals surface area contributed by atoms with E-state index in [0.29, 0.717) is 0 Å². The lowest BCUT2D eigenvalue weighted by atomic mass is 10.2. The van der Waals surface area contributed by atoms with Crippen LogP contribution in [0.2, 0.25) is 0 Å². The first-order chi connectivity index (χ1) is 9.69. The van der Waals surface area contributed by atoms with Gasteiger partial charge in [-0.3, -0.25) is 4.68 Å². The van der Waals surface area contributed by atoms with Crippen LogP contribution in [0.25, 0.3) is 0 Å². The van der Waals surface area contributed by atoms with Gasteiger partial charge in [-0.15, -0.1) is 0 Å². The first-order valence-corrected chi connectivity index (χ1v) is 7.94. The first kappa shape index (κ1) is 15.6. The van der Waals surface area contributed by atoms with Crippen LogP contribution in [-0.2, 0) is 18.3 Å². The highest BCUT2D eigenvalue weighted by Gasteiger charge is 2.04. The molecule has 0 fully saturated rings. The molecule has 1 aromatic carbocycles. The number of hydrogen-bond acceptors (Lipinski definition) is 4. The number of methoxy groups -OCH3 is 1. The highest BCUT2D eigenvalue weighted by Crippen LogP contribution is 2.30. The molecule has 0 aliphatic carbocycles. The molecule has 0 spiro atoms. The molecular formula is C14H18BrN3OS. The predicted molar refractivity (Wildman–Crippen MR) is 85.1 cm³/mol. The maximum absolute atomic E-state index is 5.01. The monoisotopic (exact) mass is 355 g/mol. The molecule has 2 rings (SSSR count). The molecule has 0 aliphatic rings. The minimum atomic E-state index is 0.729. The molecule has 0 saturated carbocycles. The van der Waals surface area contributed by atoms with Gasteiger partial charge in [0.25, 0.3) is 0 Å². The minimum Gasteiger partial charge on any atom is -0.383 e. The second-order valence-corrected chi connectivity index (χ2v) is 6.38. The van der Waals surface area contributed by atoms with E-state index in [9.17, 15) is 0 Å². The van der Waals surface area contributed by atoms with E-state index in [4.69, 9.17) is 4.74 Å². The summed E-state index contributed by atoms with van der Waals surface area (Å²) in [6.07, 6.45) is 3.89. The number of aryl methyl sites for hydroxylation is 1. The van der Waals surface area contributed by atoms with Crippen LogP contribution in [0.15, 0.2) is 44.9 Å². The van der Waals surface area contributed by atoms with E-state index in [0.717, 1.165) is 29.1 Å². The topological polar surface area (TPSA) is 39.1 Å². The SMILES string of the molecule is COCCNCc1ccc(Sc2cnn(C)c2)cc1Br. The largest absolute Gasteiger partial charge is 0.383 e. The summed E-state index contributed by atoms with van der Waals surface area (Å²) in [6, 6.07) is 6.42. The van der Waals surface area contributed by atoms with Crippen LogP contribution >= 0.6 is 27.7 Å². The van der Waals surface area contributed by atoms with Crippen molar-refractivity contribution in [2.24, 2.45) is 7.05 Å². The van der Waals surface area contributed by atoms with E-state index < -0.39 is 0 Å². The Balaban J connectivity index is 1.94. The van der Waals surface area contributed by atoms with Crippen LogP contribution in [-0.4, -0.2) is 30.0 Å². The lowest BCUT2D eigenvalue weighted by molar-refractivity contribution is 0.199. The Hall–Kier alpha value is -0.820. The van der Waals surface area contributed by atoms with Crippen LogP contribution in [0.3, 0.4) is 0 Å². The third kappa shape index (κ3) is 4.63. The summed E-state index contributed by atoms with van der Waals surface area (Å²) in [4.78, 5) is 2.34. The maximum Gasteiger partial charge on any atom is 0.0629 e. The van der Waals surface area contributed by atoms with Crippen LogP contribution in [0, 0.1) is 0 Å². The number of benzene rings is 1. The predicted octanol–water partition coefficient (Wildman–Crippen LogP) is 3.07. The van der Waals surface area contributed by atoms with Crippen LogP contribution < -0.4 is 5.32 Å². The molecular weight excluding hydrogens is 338 g/mol. The van der Waals surface area contributed by atoms with Gasteiger partial charge in [0.05, 0.1) is 17.7 Å². The van der Waals surface area contributed by atoms with E-state index in [1.165, 1.54) is 10.5 Å². The number of ether oxygens (including phenoxy) is 1. The summed E-state index contributed by atoms with van der Waals surface area (Å²) in [5.74, 6) is 0. The Labute approximate surface area is 132 Å². The van der Waals surface area contributed by atoms with Crippen molar-refractivity contribution >= 4 is 27.7 Å². The standard InChI is InChI=1S/C14H18BrN3OS/c1-18-10-13(9-17-18)20-12-4-3-11(14(15)7-12)8-16-5-6-19-2/h3-4,7,9-10,16H,5-6,8H2,1-2H3. The quantitative estimate of drug-likeness (QED) is 0.774. The van der Waals surface area contributed by atoms with Crippen molar-refractivity contribution in [2.45, 2.75) is 16.3 Å². The molecule has 1 N–H and O–H groups in total. The zero-order chi connectivity index (χ0) is 14.4. The number of halogens is 1. The van der Waals surface area contributed by atoms with Crippen LogP contribution in [0.1, 0.15) is 5.56 Å². The van der Waals surface area contributed by atoms with Crippen molar-refractivity contribution < 1.29 is 4.74 Å². The van der Waals surface area contributed by atoms with Gasteiger partial charge in [-0.1, -0.05) is 33.8 Å². The average Bonchev–Trinajstić information content (AvgIpc) is 2.82. The zero-order valence-corrected chi connectivity index (χ0v) is 14.0. The Bertz CT molecular complexity index is 559. The summed E-state index contributed by atoms with van der Waals surface area (Å²) in [6.45, 7) is 2.42. The van der Waals surface area contributed by atoms with Crippen LogP contribution in [0.4, 0.5) is 0 Å². The van der Waals surface area contributed by atoms with Gasteiger partial charge in [-0.05, 0) is 17.7 Å². The number of nitrogens with one attached hydrogen (secondary N) is 1. The Morgan fingerprint density at radius 3 is 2.90 bits per heavy atom. The number of rotatable bonds is 7. The summed E-state index contributed by atoms with van der Waals surface area (Å²) in [7, 11) is 3.64. The highest BCUT2D eigenvalue weighted by atomic mass is 79.9. The first-order valence-electron chi connectivity index (χ1n) is 6.33. The van der Waals surface area contributed by atoms with Gasteiger partial charge in [-0.25, -0.2) is 0 Å². The maximum atomic E-state index is 5.01. The van der Waals surface area contributed by atoms with E-state index >= 15 is 0 Å². The average molecular weight is 356 g/mol. The molecule has 1 aromatic heterocycles. The minimum absolute atomic E-state index is 0.729. The van der Waals surface area contributed by atoms with Crippen molar-refractivity contribution in [3.8, 4) is 0 Å². The molecule has 0 atom stereocenters. The second kappa shape index (κ2) is 7.83. The molecule has 0 radical (unpaired) electrons. The molecule has 6 heteroatoms. The lowest BCUT2D eigenvalue weighted by Crippen LogP contribution is -2.18. The summed E-state index contributed by atoms with van der Waals surface area (Å²) < 4.78 is 7.94. The fourth-order valence-electron chi connectivity index (χ4n) is 1.72. The van der Waals surface area contributed by atoms with Crippen molar-refractivity contribution in [3.05, 3.63) is 40.6 Å². The molecule has 0 unspecified atom stereocenters. The Morgan fingerprint density at radius 2 is 2.25 bits per heavy atom. The van der Waals surface area contributed by atoms with E-state index in [2.05, 4.69) is 44.5 Å². The highest BCUT2D eigenvalue weighted by molar-refractivity contribution is 9.10. The molecule has 108 valence electrons. The summed E-state index contributed by atoms with van der Waals surface area (Å²) in [5, 5.41) is 7.51. The van der Waals surface area contributed by atoms with Gasteiger partial charge in [0.1, 0.15) is 0 Å². The molecule has 4 nitrogen and oxygen atoms in total. The molecule has 0 saturated heterocycles. The Morgan fingerprint density at radius 1 is 1.40 bits per heavy atom. The third-order valence-electron chi connectivity index (χ3n) is 2.74. The zero-order valence-electron chi connectivity index (χ0n) is 11.6. The summed E-state index contributed by atoms with van der Waals surface area (Å²) in [5.41, 5.74) is 1.25. The fraction of sp³-hybridized carbons (Fsp3) is 0.357. The van der Waals surface area contributed by atoms with Crippen LogP contribution in [0.5, 0.6) is 0 Å². The number of nitrogens with zero attached hydrogens (tertiary/aromatic N) is 2. The third-order valence-corrected chi connectivity index (χ3v) is 4.41. The summed E-state index contributed by atoms with van der Waals surface area (Å²) >= 11 is 5.34. The van der Waals surface area contributed by atoms with Gasteiger partial charge in [0.15, 0.2) is 0 Å². The molecule has 0 aliphatic heterocycles. The van der Waals surface area contributed by atoms with Crippen molar-refractivity contribution in [1.82, 2.24) is 15.1 Å². The van der Waals surface area contributed by atoms with E-state index in [1.54, 1.807) is 18.9 Å². The number of hydrogen-bond donors (Lipinski definition) is 1. The van der Waals surface area contributed by atoms with Gasteiger partial charge in [0, 0.05) is 42.8 Å². The molecule has 1 heterocycles. The molecule has 20 heavy (non-hydrogen) atoms. The normalized spacial score (nSPS) is 10.9. The molecule has 0 amide bonds. The van der Waals surface area contributed by atoms with Crippen molar-refractivity contribution in [3.63, 3.8) is 0 Å². The van der Waals surface area contributed by atoms with E-state index in [-0.39, 0.29) is 0 Å². The van der Waals surface area contributed by atoms with E-state index in [1.807, 2.05) is 24.1 Å². The molecule has 0 bridgehead atoms. The van der Waals surface area contributed by atoms with Gasteiger partial charge < -0.3 is 10.1 Å². The fourth-order valence-corrected chi connectivity index (χ4v) is 3.28. The van der Waals surface area contributed by atoms with Crippen molar-refractivity contribution in [1.29, 1.82) is 0 Å². The van der Waals surface area contributed by atoms with Crippen molar-refractivity contribution in [2.75, 3.05) is 20.3 Å². The lowest BCUT2D eigenvalue weighted by Gasteiger charge is -2.08. The van der Waals surface area contributed by atoms with Gasteiger partial charge in [-0.2, -0.15) is 5.10 Å². The second-order valence-electron chi connectivity index (χ2n) is 4.37.